The van der Waals surface area contributed by atoms with Crippen molar-refractivity contribution in [3.63, 3.8) is 0 Å². The maximum atomic E-state index is 5.78. The summed E-state index contributed by atoms with van der Waals surface area (Å²) in [5.74, 6) is 0. The third-order valence-corrected chi connectivity index (χ3v) is 4.84. The van der Waals surface area contributed by atoms with Crippen LogP contribution in [-0.4, -0.2) is 32.3 Å². The average Bonchev–Trinajstić information content (AvgIpc) is 2.46. The number of morpholine rings is 1. The van der Waals surface area contributed by atoms with Gasteiger partial charge in [-0.3, -0.25) is 0 Å². The number of nitrogens with one attached hydrogen (secondary N) is 1. The van der Waals surface area contributed by atoms with Crippen LogP contribution in [0.5, 0.6) is 0 Å². The molecule has 3 unspecified atom stereocenters. The minimum atomic E-state index is 0.299. The molecule has 0 spiro atoms. The summed E-state index contributed by atoms with van der Waals surface area (Å²) in [5.41, 5.74) is 2.58. The molecule has 1 heterocycles. The fourth-order valence-corrected chi connectivity index (χ4v) is 3.41. The van der Waals surface area contributed by atoms with Crippen LogP contribution in [0.15, 0.2) is 22.7 Å². The summed E-state index contributed by atoms with van der Waals surface area (Å²) in [6.07, 6.45) is 1.41. The summed E-state index contributed by atoms with van der Waals surface area (Å²) in [6.45, 7) is 8.33. The van der Waals surface area contributed by atoms with Crippen molar-refractivity contribution in [1.29, 1.82) is 0 Å². The van der Waals surface area contributed by atoms with E-state index in [4.69, 9.17) is 4.74 Å². The number of halogens is 1. The van der Waals surface area contributed by atoms with Gasteiger partial charge in [0.05, 0.1) is 18.8 Å². The molecule has 2 rings (SSSR count). The van der Waals surface area contributed by atoms with Gasteiger partial charge in [-0.2, -0.15) is 0 Å². The highest BCUT2D eigenvalue weighted by molar-refractivity contribution is 9.10. The van der Waals surface area contributed by atoms with Crippen molar-refractivity contribution in [3.8, 4) is 0 Å². The zero-order valence-corrected chi connectivity index (χ0v) is 14.4. The first-order valence-corrected chi connectivity index (χ1v) is 8.21. The Hall–Kier alpha value is -0.580. The minimum absolute atomic E-state index is 0.299. The third kappa shape index (κ3) is 3.35. The molecule has 1 aliphatic rings. The molecule has 3 atom stereocenters. The Bertz CT molecular complexity index is 452. The Morgan fingerprint density at radius 3 is 2.85 bits per heavy atom. The maximum absolute atomic E-state index is 5.78. The van der Waals surface area contributed by atoms with E-state index in [9.17, 15) is 0 Å². The van der Waals surface area contributed by atoms with Gasteiger partial charge in [-0.05, 0) is 45.0 Å². The van der Waals surface area contributed by atoms with Crippen molar-refractivity contribution >= 4 is 21.6 Å². The van der Waals surface area contributed by atoms with Crippen LogP contribution in [0.25, 0.3) is 0 Å². The predicted molar refractivity (Wildman–Crippen MR) is 88.5 cm³/mol. The maximum Gasteiger partial charge on any atom is 0.0723 e. The highest BCUT2D eigenvalue weighted by Gasteiger charge is 2.26. The Balaban J connectivity index is 2.25. The van der Waals surface area contributed by atoms with Gasteiger partial charge >= 0.3 is 0 Å². The lowest BCUT2D eigenvalue weighted by Gasteiger charge is -2.40. The lowest BCUT2D eigenvalue weighted by molar-refractivity contribution is 0.0299. The van der Waals surface area contributed by atoms with Gasteiger partial charge in [-0.25, -0.2) is 0 Å². The van der Waals surface area contributed by atoms with Gasteiger partial charge in [0.15, 0.2) is 0 Å². The van der Waals surface area contributed by atoms with E-state index in [0.717, 1.165) is 19.6 Å². The first-order valence-electron chi connectivity index (χ1n) is 7.41. The molecule has 0 aliphatic carbocycles. The fourth-order valence-electron chi connectivity index (χ4n) is 2.70. The van der Waals surface area contributed by atoms with Crippen LogP contribution < -0.4 is 10.2 Å². The van der Waals surface area contributed by atoms with Crippen molar-refractivity contribution < 1.29 is 4.74 Å². The smallest absolute Gasteiger partial charge is 0.0723 e. The monoisotopic (exact) mass is 340 g/mol. The normalized spacial score (nSPS) is 24.8. The van der Waals surface area contributed by atoms with E-state index in [1.807, 2.05) is 7.05 Å². The topological polar surface area (TPSA) is 24.5 Å². The van der Waals surface area contributed by atoms with E-state index in [-0.39, 0.29) is 0 Å². The van der Waals surface area contributed by atoms with E-state index >= 15 is 0 Å². The van der Waals surface area contributed by atoms with Crippen LogP contribution in [0.2, 0.25) is 0 Å². The molecule has 0 aromatic heterocycles. The lowest BCUT2D eigenvalue weighted by atomic mass is 10.1. The summed E-state index contributed by atoms with van der Waals surface area (Å²) in [7, 11) is 1.99. The fraction of sp³-hybridized carbons (Fsp3) is 0.625. The molecule has 0 bridgehead atoms. The molecule has 1 N–H and O–H groups in total. The van der Waals surface area contributed by atoms with Crippen LogP contribution in [0, 0.1) is 0 Å². The van der Waals surface area contributed by atoms with Crippen LogP contribution in [-0.2, 0) is 4.74 Å². The van der Waals surface area contributed by atoms with Gasteiger partial charge in [0, 0.05) is 22.7 Å². The average molecular weight is 341 g/mol. The molecule has 1 saturated heterocycles. The molecule has 4 heteroatoms. The first-order chi connectivity index (χ1) is 9.56. The van der Waals surface area contributed by atoms with Crippen LogP contribution in [0.3, 0.4) is 0 Å². The van der Waals surface area contributed by atoms with E-state index in [0.29, 0.717) is 18.2 Å². The van der Waals surface area contributed by atoms with Crippen LogP contribution in [0.4, 0.5) is 5.69 Å². The van der Waals surface area contributed by atoms with Gasteiger partial charge in [-0.1, -0.05) is 28.9 Å². The van der Waals surface area contributed by atoms with E-state index in [2.05, 4.69) is 65.1 Å². The van der Waals surface area contributed by atoms with Crippen molar-refractivity contribution in [2.75, 3.05) is 25.1 Å². The molecule has 0 saturated carbocycles. The van der Waals surface area contributed by atoms with Gasteiger partial charge in [0.2, 0.25) is 0 Å². The highest BCUT2D eigenvalue weighted by atomic mass is 79.9. The zero-order chi connectivity index (χ0) is 14.7. The second kappa shape index (κ2) is 6.92. The number of rotatable bonds is 4. The molecule has 112 valence electrons. The van der Waals surface area contributed by atoms with E-state index < -0.39 is 0 Å². The number of hydrogen-bond donors (Lipinski definition) is 1. The molecular formula is C16H25BrN2O. The zero-order valence-electron chi connectivity index (χ0n) is 12.8. The van der Waals surface area contributed by atoms with Crippen molar-refractivity contribution in [1.82, 2.24) is 5.32 Å². The molecular weight excluding hydrogens is 316 g/mol. The van der Waals surface area contributed by atoms with E-state index in [1.165, 1.54) is 15.7 Å². The van der Waals surface area contributed by atoms with Gasteiger partial charge < -0.3 is 15.0 Å². The Kier molecular flexibility index (Phi) is 5.47. The largest absolute Gasteiger partial charge is 0.375 e. The SMILES string of the molecule is CCC1COC(C)CN1c1ccc(C(C)NC)c(Br)c1. The highest BCUT2D eigenvalue weighted by Crippen LogP contribution is 2.31. The Morgan fingerprint density at radius 1 is 1.50 bits per heavy atom. The Morgan fingerprint density at radius 2 is 2.25 bits per heavy atom. The number of nitrogens with zero attached hydrogens (tertiary/aromatic N) is 1. The molecule has 1 aromatic rings. The van der Waals surface area contributed by atoms with Crippen molar-refractivity contribution in [3.05, 3.63) is 28.2 Å². The summed E-state index contributed by atoms with van der Waals surface area (Å²) in [4.78, 5) is 2.48. The lowest BCUT2D eigenvalue weighted by Crippen LogP contribution is -2.48. The van der Waals surface area contributed by atoms with Crippen molar-refractivity contribution in [2.45, 2.75) is 45.4 Å². The molecule has 1 aliphatic heterocycles. The first kappa shape index (κ1) is 15.8. The predicted octanol–water partition coefficient (Wildman–Crippen LogP) is 3.73. The van der Waals surface area contributed by atoms with E-state index in [1.54, 1.807) is 0 Å². The van der Waals surface area contributed by atoms with Crippen LogP contribution >= 0.6 is 15.9 Å². The number of hydrogen-bond acceptors (Lipinski definition) is 3. The molecule has 1 fully saturated rings. The third-order valence-electron chi connectivity index (χ3n) is 4.15. The van der Waals surface area contributed by atoms with Gasteiger partial charge in [0.25, 0.3) is 0 Å². The molecule has 3 nitrogen and oxygen atoms in total. The summed E-state index contributed by atoms with van der Waals surface area (Å²) < 4.78 is 6.95. The summed E-state index contributed by atoms with van der Waals surface area (Å²) >= 11 is 3.71. The van der Waals surface area contributed by atoms with Gasteiger partial charge in [-0.15, -0.1) is 0 Å². The number of anilines is 1. The Labute approximate surface area is 130 Å². The summed E-state index contributed by atoms with van der Waals surface area (Å²) in [6, 6.07) is 7.51. The molecule has 20 heavy (non-hydrogen) atoms. The molecule has 0 radical (unpaired) electrons. The number of ether oxygens (including phenoxy) is 1. The number of benzene rings is 1. The quantitative estimate of drug-likeness (QED) is 0.903. The van der Waals surface area contributed by atoms with Crippen LogP contribution in [0.1, 0.15) is 38.8 Å². The second-order valence-electron chi connectivity index (χ2n) is 5.57. The summed E-state index contributed by atoms with van der Waals surface area (Å²) in [5, 5.41) is 3.28. The minimum Gasteiger partial charge on any atom is -0.375 e. The second-order valence-corrected chi connectivity index (χ2v) is 6.43. The van der Waals surface area contributed by atoms with Gasteiger partial charge in [0.1, 0.15) is 0 Å². The molecule has 0 amide bonds. The molecule has 1 aromatic carbocycles. The standard InChI is InChI=1S/C16H25BrN2O/c1-5-13-10-20-11(2)9-19(13)14-6-7-15(12(3)18-4)16(17)8-14/h6-8,11-13,18H,5,9-10H2,1-4H3. The van der Waals surface area contributed by atoms with Crippen molar-refractivity contribution in [2.24, 2.45) is 0 Å².